The molecule has 0 unspecified atom stereocenters. The molecular weight excluding hydrogens is 288 g/mol. The first kappa shape index (κ1) is 16.4. The van der Waals surface area contributed by atoms with Crippen LogP contribution in [-0.4, -0.2) is 53.4 Å². The van der Waals surface area contributed by atoms with E-state index in [1.807, 2.05) is 5.32 Å². The van der Waals surface area contributed by atoms with Gasteiger partial charge in [0.25, 0.3) is 0 Å². The number of amides is 1. The van der Waals surface area contributed by atoms with Crippen molar-refractivity contribution in [1.29, 1.82) is 0 Å². The van der Waals surface area contributed by atoms with Crippen molar-refractivity contribution in [2.45, 2.75) is 37.6 Å². The maximum absolute atomic E-state index is 13.6. The summed E-state index contributed by atoms with van der Waals surface area (Å²) in [6, 6.07) is -1.59. The van der Waals surface area contributed by atoms with Gasteiger partial charge in [-0.2, -0.15) is 0 Å². The second-order valence-electron chi connectivity index (χ2n) is 3.94. The van der Waals surface area contributed by atoms with Crippen LogP contribution in [0.25, 0.3) is 0 Å². The summed E-state index contributed by atoms with van der Waals surface area (Å²) in [5.41, 5.74) is 0. The van der Waals surface area contributed by atoms with E-state index in [-0.39, 0.29) is 0 Å². The molecule has 3 N–H and O–H groups in total. The number of phosphoric acid groups is 1. The standard InChI is InChI=1S/C8H15FNO8P/c1-3(12)10-6-7(13)5(9)4(2-11)17-8(6)18-19(14,15)16/h4-8,11,13H,2H2,1H3,(H,10,12)(H2,14,15,16)/p-2/t4-,5-,6-,7+,8-/m1/s1. The van der Waals surface area contributed by atoms with Crippen LogP contribution in [0.2, 0.25) is 0 Å². The number of aliphatic hydroxyl groups excluding tert-OH is 2. The summed E-state index contributed by atoms with van der Waals surface area (Å²) < 4.78 is 32.8. The smallest absolute Gasteiger partial charge is 0.217 e. The highest BCUT2D eigenvalue weighted by Gasteiger charge is 2.46. The van der Waals surface area contributed by atoms with Gasteiger partial charge in [-0.05, 0) is 0 Å². The van der Waals surface area contributed by atoms with Crippen LogP contribution in [0, 0.1) is 0 Å². The van der Waals surface area contributed by atoms with Gasteiger partial charge in [-0.1, -0.05) is 0 Å². The number of hydrogen-bond acceptors (Lipinski definition) is 8. The molecule has 112 valence electrons. The van der Waals surface area contributed by atoms with Gasteiger partial charge in [-0.25, -0.2) is 4.39 Å². The highest BCUT2D eigenvalue weighted by atomic mass is 31.2. The van der Waals surface area contributed by atoms with E-state index in [0.29, 0.717) is 0 Å². The predicted molar refractivity (Wildman–Crippen MR) is 52.9 cm³/mol. The molecule has 1 aliphatic heterocycles. The lowest BCUT2D eigenvalue weighted by atomic mass is 9.98. The normalized spacial score (nSPS) is 36.0. The third-order valence-electron chi connectivity index (χ3n) is 2.43. The lowest BCUT2D eigenvalue weighted by molar-refractivity contribution is -0.361. The molecule has 1 fully saturated rings. The Bertz CT molecular complexity index is 376. The zero-order chi connectivity index (χ0) is 14.8. The SMILES string of the molecule is CC(=O)N[C@H]1[C@@H](OP(=O)([O-])[O-])O[C@H](CO)[C@@H](F)[C@@H]1O. The third-order valence-corrected chi connectivity index (χ3v) is 2.90. The largest absolute Gasteiger partial charge is 0.790 e. The van der Waals surface area contributed by atoms with E-state index in [9.17, 15) is 28.6 Å². The quantitative estimate of drug-likeness (QED) is 0.458. The average Bonchev–Trinajstić information content (AvgIpc) is 2.26. The summed E-state index contributed by atoms with van der Waals surface area (Å²) in [7, 11) is -5.49. The molecule has 0 saturated carbocycles. The van der Waals surface area contributed by atoms with Crippen LogP contribution in [0.1, 0.15) is 6.92 Å². The number of hydrogen-bond donors (Lipinski definition) is 3. The molecule has 0 aromatic carbocycles. The van der Waals surface area contributed by atoms with Gasteiger partial charge in [0.1, 0.15) is 18.2 Å². The van der Waals surface area contributed by atoms with Gasteiger partial charge >= 0.3 is 0 Å². The van der Waals surface area contributed by atoms with E-state index >= 15 is 0 Å². The highest BCUT2D eigenvalue weighted by molar-refractivity contribution is 7.43. The molecule has 0 aromatic rings. The third kappa shape index (κ3) is 4.46. The molecule has 1 heterocycles. The van der Waals surface area contributed by atoms with E-state index in [0.717, 1.165) is 6.92 Å². The maximum Gasteiger partial charge on any atom is 0.217 e. The van der Waals surface area contributed by atoms with Gasteiger partial charge < -0.3 is 39.1 Å². The second-order valence-corrected chi connectivity index (χ2v) is 5.04. The number of carbonyl (C=O) groups is 1. The Morgan fingerprint density at radius 2 is 2.16 bits per heavy atom. The summed E-state index contributed by atoms with van der Waals surface area (Å²) in [5.74, 6) is -0.720. The minimum atomic E-state index is -5.49. The van der Waals surface area contributed by atoms with Crippen LogP contribution in [0.3, 0.4) is 0 Å². The number of alkyl halides is 1. The van der Waals surface area contributed by atoms with Crippen molar-refractivity contribution in [3.8, 4) is 0 Å². The van der Waals surface area contributed by atoms with Gasteiger partial charge in [0.2, 0.25) is 5.91 Å². The molecule has 11 heteroatoms. The van der Waals surface area contributed by atoms with Gasteiger partial charge in [0.05, 0.1) is 14.4 Å². The van der Waals surface area contributed by atoms with Crippen LogP contribution in [-0.2, 0) is 18.6 Å². The van der Waals surface area contributed by atoms with Crippen LogP contribution in [0.5, 0.6) is 0 Å². The number of aliphatic hydroxyl groups is 2. The Labute approximate surface area is 107 Å². The summed E-state index contributed by atoms with van der Waals surface area (Å²) >= 11 is 0. The van der Waals surface area contributed by atoms with Crippen molar-refractivity contribution in [3.05, 3.63) is 0 Å². The second kappa shape index (κ2) is 6.23. The van der Waals surface area contributed by atoms with E-state index in [2.05, 4.69) is 4.52 Å². The Morgan fingerprint density at radius 3 is 2.58 bits per heavy atom. The van der Waals surface area contributed by atoms with E-state index < -0.39 is 51.0 Å². The number of carbonyl (C=O) groups excluding carboxylic acids is 1. The van der Waals surface area contributed by atoms with E-state index in [1.54, 1.807) is 0 Å². The van der Waals surface area contributed by atoms with Crippen molar-refractivity contribution in [2.24, 2.45) is 0 Å². The molecule has 0 aromatic heterocycles. The zero-order valence-corrected chi connectivity index (χ0v) is 10.7. The van der Waals surface area contributed by atoms with Crippen LogP contribution in [0.15, 0.2) is 0 Å². The van der Waals surface area contributed by atoms with Crippen molar-refractivity contribution in [2.75, 3.05) is 6.61 Å². The van der Waals surface area contributed by atoms with Gasteiger partial charge in [0, 0.05) is 6.92 Å². The number of nitrogens with one attached hydrogen (secondary N) is 1. The van der Waals surface area contributed by atoms with Crippen LogP contribution < -0.4 is 15.1 Å². The summed E-state index contributed by atoms with van der Waals surface area (Å²) in [4.78, 5) is 32.0. The molecule has 0 aliphatic carbocycles. The predicted octanol–water partition coefficient (Wildman–Crippen LogP) is -3.25. The fraction of sp³-hybridized carbons (Fsp3) is 0.875. The van der Waals surface area contributed by atoms with Crippen LogP contribution >= 0.6 is 7.82 Å². The van der Waals surface area contributed by atoms with E-state index in [1.165, 1.54) is 0 Å². The molecule has 1 rings (SSSR count). The Kier molecular flexibility index (Phi) is 5.39. The first-order chi connectivity index (χ1) is 8.65. The zero-order valence-electron chi connectivity index (χ0n) is 9.76. The Morgan fingerprint density at radius 1 is 1.58 bits per heavy atom. The molecule has 19 heavy (non-hydrogen) atoms. The van der Waals surface area contributed by atoms with Crippen molar-refractivity contribution < 1.29 is 43.0 Å². The maximum atomic E-state index is 13.6. The minimum absolute atomic E-state index is 0.720. The summed E-state index contributed by atoms with van der Waals surface area (Å²) in [6.07, 6.45) is -7.47. The van der Waals surface area contributed by atoms with Gasteiger partial charge in [0.15, 0.2) is 12.5 Å². The molecule has 1 amide bonds. The molecular formula is C8H13FNO8P-2. The molecule has 9 nitrogen and oxygen atoms in total. The molecule has 0 spiro atoms. The van der Waals surface area contributed by atoms with Gasteiger partial charge in [-0.15, -0.1) is 0 Å². The number of rotatable bonds is 4. The van der Waals surface area contributed by atoms with Crippen molar-refractivity contribution in [1.82, 2.24) is 5.32 Å². The average molecular weight is 301 g/mol. The Hall–Kier alpha value is -0.610. The fourth-order valence-electron chi connectivity index (χ4n) is 1.66. The minimum Gasteiger partial charge on any atom is -0.790 e. The summed E-state index contributed by atoms with van der Waals surface area (Å²) in [5, 5.41) is 20.4. The molecule has 1 aliphatic rings. The number of phosphoric ester groups is 1. The van der Waals surface area contributed by atoms with E-state index in [4.69, 9.17) is 9.84 Å². The monoisotopic (exact) mass is 301 g/mol. The molecule has 1 saturated heterocycles. The first-order valence-electron chi connectivity index (χ1n) is 5.21. The van der Waals surface area contributed by atoms with Crippen molar-refractivity contribution >= 4 is 13.7 Å². The lowest BCUT2D eigenvalue weighted by Crippen LogP contribution is -2.63. The summed E-state index contributed by atoms with van der Waals surface area (Å²) in [6.45, 7) is 0.163. The first-order valence-corrected chi connectivity index (χ1v) is 6.68. The molecule has 5 atom stereocenters. The lowest BCUT2D eigenvalue weighted by Gasteiger charge is -2.44. The van der Waals surface area contributed by atoms with Crippen LogP contribution in [0.4, 0.5) is 4.39 Å². The number of ether oxygens (including phenoxy) is 1. The Balaban J connectivity index is 2.92. The fourth-order valence-corrected chi connectivity index (χ4v) is 2.10. The van der Waals surface area contributed by atoms with Crippen molar-refractivity contribution in [3.63, 3.8) is 0 Å². The van der Waals surface area contributed by atoms with Gasteiger partial charge in [-0.3, -0.25) is 4.79 Å². The topological polar surface area (TPSA) is 151 Å². The molecule has 0 radical (unpaired) electrons. The highest BCUT2D eigenvalue weighted by Crippen LogP contribution is 2.34. The molecule has 0 bridgehead atoms. The number of halogens is 1.